The van der Waals surface area contributed by atoms with Crippen LogP contribution in [0.25, 0.3) is 0 Å². The van der Waals surface area contributed by atoms with Crippen molar-refractivity contribution in [1.29, 1.82) is 0 Å². The molecule has 20 heavy (non-hydrogen) atoms. The molecule has 0 N–H and O–H groups in total. The SMILES string of the molecule is CCOC(=O)c1c(I)nc2c(c1C)C(=O)CC(C)(C)C2. The molecule has 0 unspecified atom stereocenters. The van der Waals surface area contributed by atoms with Crippen LogP contribution in [0.3, 0.4) is 0 Å². The summed E-state index contributed by atoms with van der Waals surface area (Å²) in [4.78, 5) is 28.9. The van der Waals surface area contributed by atoms with Gasteiger partial charge in [0.15, 0.2) is 5.78 Å². The lowest BCUT2D eigenvalue weighted by atomic mass is 9.74. The Morgan fingerprint density at radius 1 is 1.40 bits per heavy atom. The van der Waals surface area contributed by atoms with Crippen LogP contribution < -0.4 is 0 Å². The zero-order chi connectivity index (χ0) is 15.1. The number of nitrogens with zero attached hydrogens (tertiary/aromatic N) is 1. The van der Waals surface area contributed by atoms with E-state index in [0.29, 0.717) is 33.4 Å². The lowest BCUT2D eigenvalue weighted by Gasteiger charge is -2.30. The second-order valence-electron chi connectivity index (χ2n) is 5.89. The average molecular weight is 387 g/mol. The number of rotatable bonds is 2. The maximum Gasteiger partial charge on any atom is 0.341 e. The molecule has 1 heterocycles. The minimum Gasteiger partial charge on any atom is -0.462 e. The van der Waals surface area contributed by atoms with Gasteiger partial charge in [0, 0.05) is 12.0 Å². The number of esters is 1. The molecule has 1 aromatic heterocycles. The van der Waals surface area contributed by atoms with Crippen LogP contribution >= 0.6 is 22.6 Å². The fraction of sp³-hybridized carbons (Fsp3) is 0.533. The average Bonchev–Trinajstić information content (AvgIpc) is 2.25. The Balaban J connectivity index is 2.60. The van der Waals surface area contributed by atoms with Gasteiger partial charge in [-0.2, -0.15) is 0 Å². The third kappa shape index (κ3) is 2.73. The Labute approximate surface area is 132 Å². The monoisotopic (exact) mass is 387 g/mol. The third-order valence-corrected chi connectivity index (χ3v) is 4.30. The van der Waals surface area contributed by atoms with Crippen LogP contribution in [-0.4, -0.2) is 23.3 Å². The van der Waals surface area contributed by atoms with Gasteiger partial charge in [0.25, 0.3) is 0 Å². The summed E-state index contributed by atoms with van der Waals surface area (Å²) in [5.74, 6) is -0.328. The number of Topliss-reactive ketones (excluding diaryl/α,β-unsaturated/α-hetero) is 1. The van der Waals surface area contributed by atoms with Gasteiger partial charge in [-0.3, -0.25) is 4.79 Å². The predicted molar refractivity (Wildman–Crippen MR) is 84.1 cm³/mol. The summed E-state index contributed by atoms with van der Waals surface area (Å²) in [6, 6.07) is 0. The van der Waals surface area contributed by atoms with Crippen LogP contribution in [0, 0.1) is 16.0 Å². The Morgan fingerprint density at radius 3 is 2.65 bits per heavy atom. The lowest BCUT2D eigenvalue weighted by molar-refractivity contribution is 0.0523. The van der Waals surface area contributed by atoms with Gasteiger partial charge in [0.1, 0.15) is 3.70 Å². The molecule has 0 saturated carbocycles. The molecule has 0 bridgehead atoms. The predicted octanol–water partition coefficient (Wildman–Crippen LogP) is 3.33. The summed E-state index contributed by atoms with van der Waals surface area (Å²) in [6.45, 7) is 8.02. The first-order valence-corrected chi connectivity index (χ1v) is 7.74. The number of hydrogen-bond donors (Lipinski definition) is 0. The summed E-state index contributed by atoms with van der Waals surface area (Å²) < 4.78 is 5.68. The molecule has 0 amide bonds. The molecular weight excluding hydrogens is 369 g/mol. The van der Waals surface area contributed by atoms with Crippen molar-refractivity contribution in [2.24, 2.45) is 5.41 Å². The fourth-order valence-corrected chi connectivity index (χ4v) is 3.62. The van der Waals surface area contributed by atoms with Gasteiger partial charge in [-0.25, -0.2) is 9.78 Å². The highest BCUT2D eigenvalue weighted by Crippen LogP contribution is 2.36. The van der Waals surface area contributed by atoms with E-state index < -0.39 is 5.97 Å². The highest BCUT2D eigenvalue weighted by molar-refractivity contribution is 14.1. The minimum atomic E-state index is -0.401. The van der Waals surface area contributed by atoms with Gasteiger partial charge in [-0.15, -0.1) is 0 Å². The number of carbonyl (C=O) groups is 2. The fourth-order valence-electron chi connectivity index (χ4n) is 2.70. The van der Waals surface area contributed by atoms with E-state index in [-0.39, 0.29) is 11.2 Å². The second kappa shape index (κ2) is 5.42. The molecule has 5 heteroatoms. The van der Waals surface area contributed by atoms with Crippen molar-refractivity contribution >= 4 is 34.3 Å². The van der Waals surface area contributed by atoms with Crippen molar-refractivity contribution in [2.45, 2.75) is 40.5 Å². The van der Waals surface area contributed by atoms with Crippen LogP contribution in [0.15, 0.2) is 0 Å². The summed E-state index contributed by atoms with van der Waals surface area (Å²) in [5.41, 5.74) is 2.49. The van der Waals surface area contributed by atoms with Crippen LogP contribution in [0.4, 0.5) is 0 Å². The second-order valence-corrected chi connectivity index (χ2v) is 6.91. The zero-order valence-corrected chi connectivity index (χ0v) is 14.3. The van der Waals surface area contributed by atoms with E-state index in [1.54, 1.807) is 6.92 Å². The van der Waals surface area contributed by atoms with Crippen molar-refractivity contribution in [3.8, 4) is 0 Å². The lowest BCUT2D eigenvalue weighted by Crippen LogP contribution is -2.30. The molecule has 0 atom stereocenters. The van der Waals surface area contributed by atoms with Gasteiger partial charge in [-0.1, -0.05) is 13.8 Å². The van der Waals surface area contributed by atoms with Crippen molar-refractivity contribution < 1.29 is 14.3 Å². The Morgan fingerprint density at radius 2 is 2.05 bits per heavy atom. The van der Waals surface area contributed by atoms with E-state index in [1.165, 1.54) is 0 Å². The van der Waals surface area contributed by atoms with Crippen LogP contribution in [-0.2, 0) is 11.2 Å². The van der Waals surface area contributed by atoms with E-state index >= 15 is 0 Å². The Hall–Kier alpha value is -0.980. The molecule has 2 rings (SSSR count). The summed E-state index contributed by atoms with van der Waals surface area (Å²) >= 11 is 2.04. The number of hydrogen-bond acceptors (Lipinski definition) is 4. The van der Waals surface area contributed by atoms with Crippen molar-refractivity contribution in [3.05, 3.63) is 26.1 Å². The van der Waals surface area contributed by atoms with Gasteiger partial charge in [0.2, 0.25) is 0 Å². The molecule has 0 spiro atoms. The minimum absolute atomic E-state index is 0.0714. The van der Waals surface area contributed by atoms with Crippen LogP contribution in [0.1, 0.15) is 59.2 Å². The van der Waals surface area contributed by atoms with E-state index in [2.05, 4.69) is 18.8 Å². The van der Waals surface area contributed by atoms with E-state index in [0.717, 1.165) is 12.1 Å². The van der Waals surface area contributed by atoms with Gasteiger partial charge < -0.3 is 4.74 Å². The van der Waals surface area contributed by atoms with Gasteiger partial charge in [-0.05, 0) is 53.8 Å². The van der Waals surface area contributed by atoms with Crippen molar-refractivity contribution in [2.75, 3.05) is 6.61 Å². The normalized spacial score (nSPS) is 16.8. The molecule has 0 radical (unpaired) electrons. The molecule has 1 aliphatic rings. The molecule has 108 valence electrons. The number of pyridine rings is 1. The molecule has 0 aromatic carbocycles. The summed E-state index contributed by atoms with van der Waals surface area (Å²) in [7, 11) is 0. The standard InChI is InChI=1S/C15H18INO3/c1-5-20-14(19)12-8(2)11-9(17-13(12)16)6-15(3,4)7-10(11)18/h5-7H2,1-4H3. The van der Waals surface area contributed by atoms with E-state index in [1.807, 2.05) is 29.5 Å². The smallest absolute Gasteiger partial charge is 0.341 e. The number of ether oxygens (including phenoxy) is 1. The van der Waals surface area contributed by atoms with Crippen molar-refractivity contribution in [3.63, 3.8) is 0 Å². The highest BCUT2D eigenvalue weighted by atomic mass is 127. The largest absolute Gasteiger partial charge is 0.462 e. The number of ketones is 1. The quantitative estimate of drug-likeness (QED) is 0.444. The first-order chi connectivity index (χ1) is 9.26. The third-order valence-electron chi connectivity index (χ3n) is 3.52. The zero-order valence-electron chi connectivity index (χ0n) is 12.2. The Kier molecular flexibility index (Phi) is 4.18. The molecule has 0 aliphatic heterocycles. The first-order valence-electron chi connectivity index (χ1n) is 6.66. The molecule has 0 fully saturated rings. The maximum absolute atomic E-state index is 12.4. The van der Waals surface area contributed by atoms with Crippen LogP contribution in [0.5, 0.6) is 0 Å². The van der Waals surface area contributed by atoms with Crippen molar-refractivity contribution in [1.82, 2.24) is 4.98 Å². The molecule has 4 nitrogen and oxygen atoms in total. The summed E-state index contributed by atoms with van der Waals surface area (Å²) in [6.07, 6.45) is 1.25. The molecule has 0 saturated heterocycles. The number of carbonyl (C=O) groups excluding carboxylic acids is 2. The maximum atomic E-state index is 12.4. The van der Waals surface area contributed by atoms with Gasteiger partial charge in [0.05, 0.1) is 17.9 Å². The number of fused-ring (bicyclic) bond motifs is 1. The Bertz CT molecular complexity index is 593. The summed E-state index contributed by atoms with van der Waals surface area (Å²) in [5, 5.41) is 0. The number of halogens is 1. The highest BCUT2D eigenvalue weighted by Gasteiger charge is 2.35. The number of aromatic nitrogens is 1. The van der Waals surface area contributed by atoms with E-state index in [4.69, 9.17) is 4.74 Å². The van der Waals surface area contributed by atoms with E-state index in [9.17, 15) is 9.59 Å². The first kappa shape index (κ1) is 15.4. The van der Waals surface area contributed by atoms with Gasteiger partial charge >= 0.3 is 5.97 Å². The molecule has 1 aromatic rings. The topological polar surface area (TPSA) is 56.3 Å². The molecular formula is C15H18INO3. The van der Waals surface area contributed by atoms with Crippen LogP contribution in [0.2, 0.25) is 0 Å². The molecule has 1 aliphatic carbocycles.